The van der Waals surface area contributed by atoms with Gasteiger partial charge in [-0.2, -0.15) is 11.8 Å². The van der Waals surface area contributed by atoms with Crippen LogP contribution in [0.4, 0.5) is 0 Å². The number of hydrogen-bond donors (Lipinski definition) is 2. The Morgan fingerprint density at radius 2 is 2.17 bits per heavy atom. The summed E-state index contributed by atoms with van der Waals surface area (Å²) in [5, 5.41) is 6.45. The van der Waals surface area contributed by atoms with Crippen molar-refractivity contribution in [2.75, 3.05) is 31.3 Å². The van der Waals surface area contributed by atoms with Crippen molar-refractivity contribution < 1.29 is 14.3 Å². The molecule has 0 saturated carbocycles. The monoisotopic (exact) mass is 358 g/mol. The van der Waals surface area contributed by atoms with E-state index in [0.717, 1.165) is 35.1 Å². The fourth-order valence-corrected chi connectivity index (χ4v) is 3.64. The topological polar surface area (TPSA) is 59.6 Å². The summed E-state index contributed by atoms with van der Waals surface area (Å²) >= 11 is 1.90. The Morgan fingerprint density at radius 3 is 2.91 bits per heavy atom. The Balaban J connectivity index is 0.00000192. The molecule has 1 aromatic carbocycles. The van der Waals surface area contributed by atoms with Crippen LogP contribution in [0.1, 0.15) is 24.9 Å². The zero-order valence-corrected chi connectivity index (χ0v) is 14.8. The lowest BCUT2D eigenvalue weighted by molar-refractivity contribution is -0.122. The van der Waals surface area contributed by atoms with Crippen LogP contribution in [0.25, 0.3) is 0 Å². The third-order valence-electron chi connectivity index (χ3n) is 3.87. The lowest BCUT2D eigenvalue weighted by Crippen LogP contribution is -2.41. The average Bonchev–Trinajstić information content (AvgIpc) is 2.55. The van der Waals surface area contributed by atoms with E-state index in [2.05, 4.69) is 10.6 Å². The fourth-order valence-electron chi connectivity index (χ4n) is 2.69. The molecule has 2 unspecified atom stereocenters. The van der Waals surface area contributed by atoms with Crippen molar-refractivity contribution in [3.63, 3.8) is 0 Å². The number of amides is 1. The van der Waals surface area contributed by atoms with Gasteiger partial charge >= 0.3 is 0 Å². The average molecular weight is 359 g/mol. The van der Waals surface area contributed by atoms with Gasteiger partial charge in [-0.1, -0.05) is 6.07 Å². The highest BCUT2D eigenvalue weighted by Crippen LogP contribution is 2.32. The summed E-state index contributed by atoms with van der Waals surface area (Å²) in [6.07, 6.45) is 0.530. The highest BCUT2D eigenvalue weighted by atomic mass is 35.5. The molecule has 1 fully saturated rings. The van der Waals surface area contributed by atoms with Crippen molar-refractivity contribution >= 4 is 30.1 Å². The van der Waals surface area contributed by atoms with E-state index < -0.39 is 0 Å². The van der Waals surface area contributed by atoms with Gasteiger partial charge in [-0.15, -0.1) is 12.4 Å². The van der Waals surface area contributed by atoms with E-state index in [1.807, 2.05) is 36.9 Å². The predicted octanol–water partition coefficient (Wildman–Crippen LogP) is 2.15. The first-order valence-corrected chi connectivity index (χ1v) is 8.88. The molecular weight excluding hydrogens is 336 g/mol. The van der Waals surface area contributed by atoms with Crippen LogP contribution in [0.3, 0.4) is 0 Å². The Bertz CT molecular complexity index is 538. The number of carbonyl (C=O) groups is 1. The van der Waals surface area contributed by atoms with Crippen molar-refractivity contribution in [2.45, 2.75) is 25.4 Å². The number of carbonyl (C=O) groups excluding carboxylic acids is 1. The summed E-state index contributed by atoms with van der Waals surface area (Å²) in [4.78, 5) is 12.2. The third kappa shape index (κ3) is 4.93. The molecule has 2 aliphatic rings. The minimum absolute atomic E-state index is 0. The van der Waals surface area contributed by atoms with Gasteiger partial charge in [-0.05, 0) is 24.6 Å². The molecule has 0 radical (unpaired) electrons. The molecule has 0 aliphatic carbocycles. The van der Waals surface area contributed by atoms with E-state index in [9.17, 15) is 4.79 Å². The molecule has 0 bridgehead atoms. The van der Waals surface area contributed by atoms with E-state index >= 15 is 0 Å². The number of nitrogens with one attached hydrogen (secondary N) is 2. The third-order valence-corrected chi connectivity index (χ3v) is 5.00. The summed E-state index contributed by atoms with van der Waals surface area (Å²) in [6.45, 7) is 4.14. The summed E-state index contributed by atoms with van der Waals surface area (Å²) in [7, 11) is 0. The first-order valence-electron chi connectivity index (χ1n) is 7.72. The van der Waals surface area contributed by atoms with Gasteiger partial charge in [0.15, 0.2) is 11.5 Å². The molecule has 1 saturated heterocycles. The van der Waals surface area contributed by atoms with Crippen molar-refractivity contribution in [1.82, 2.24) is 10.6 Å². The smallest absolute Gasteiger partial charge is 0.222 e. The minimum Gasteiger partial charge on any atom is -0.486 e. The van der Waals surface area contributed by atoms with E-state index in [1.54, 1.807) is 0 Å². The fraction of sp³-hybridized carbons (Fsp3) is 0.562. The second-order valence-corrected chi connectivity index (χ2v) is 6.77. The Hall–Kier alpha value is -1.11. The molecule has 7 heteroatoms. The van der Waals surface area contributed by atoms with Gasteiger partial charge in [-0.3, -0.25) is 4.79 Å². The van der Waals surface area contributed by atoms with Gasteiger partial charge in [0.25, 0.3) is 0 Å². The van der Waals surface area contributed by atoms with E-state index in [0.29, 0.717) is 19.6 Å². The minimum atomic E-state index is -0.0421. The Kier molecular flexibility index (Phi) is 6.87. The van der Waals surface area contributed by atoms with E-state index in [1.165, 1.54) is 0 Å². The number of ether oxygens (including phenoxy) is 2. The Morgan fingerprint density at radius 1 is 1.39 bits per heavy atom. The molecule has 1 aromatic rings. The summed E-state index contributed by atoms with van der Waals surface area (Å²) in [6, 6.07) is 6.08. The first-order chi connectivity index (χ1) is 10.7. The van der Waals surface area contributed by atoms with Crippen molar-refractivity contribution in [2.24, 2.45) is 0 Å². The SMILES string of the molecule is CC(NC(=O)CC1CSCCN1)c1ccc2c(c1)OCCO2.Cl. The molecule has 128 valence electrons. The maximum atomic E-state index is 12.2. The zero-order valence-electron chi connectivity index (χ0n) is 13.2. The van der Waals surface area contributed by atoms with Crippen LogP contribution in [0.2, 0.25) is 0 Å². The van der Waals surface area contributed by atoms with E-state index in [-0.39, 0.29) is 30.4 Å². The van der Waals surface area contributed by atoms with Crippen LogP contribution in [-0.4, -0.2) is 43.2 Å². The van der Waals surface area contributed by atoms with Crippen LogP contribution >= 0.6 is 24.2 Å². The largest absolute Gasteiger partial charge is 0.486 e. The van der Waals surface area contributed by atoms with Gasteiger partial charge in [0.1, 0.15) is 13.2 Å². The molecular formula is C16H23ClN2O3S. The highest BCUT2D eigenvalue weighted by molar-refractivity contribution is 7.99. The molecule has 2 N–H and O–H groups in total. The molecule has 23 heavy (non-hydrogen) atoms. The molecule has 2 atom stereocenters. The van der Waals surface area contributed by atoms with Crippen molar-refractivity contribution in [3.8, 4) is 11.5 Å². The van der Waals surface area contributed by atoms with Gasteiger partial charge in [0.2, 0.25) is 5.91 Å². The number of fused-ring (bicyclic) bond motifs is 1. The quantitative estimate of drug-likeness (QED) is 0.863. The molecule has 3 rings (SSSR count). The van der Waals surface area contributed by atoms with Gasteiger partial charge in [-0.25, -0.2) is 0 Å². The van der Waals surface area contributed by atoms with Gasteiger partial charge in [0.05, 0.1) is 6.04 Å². The standard InChI is InChI=1S/C16H22N2O3S.ClH/c1-11(18-16(19)9-13-10-22-7-4-17-13)12-2-3-14-15(8-12)21-6-5-20-14;/h2-3,8,11,13,17H,4-7,9-10H2,1H3,(H,18,19);1H. The number of thioether (sulfide) groups is 1. The number of hydrogen-bond acceptors (Lipinski definition) is 5. The normalized spacial score (nSPS) is 21.0. The van der Waals surface area contributed by atoms with Crippen molar-refractivity contribution in [1.29, 1.82) is 0 Å². The summed E-state index contributed by atoms with van der Waals surface area (Å²) in [5.74, 6) is 3.76. The second kappa shape index (κ2) is 8.66. The summed E-state index contributed by atoms with van der Waals surface area (Å²) < 4.78 is 11.1. The maximum absolute atomic E-state index is 12.2. The molecule has 0 spiro atoms. The van der Waals surface area contributed by atoms with Crippen LogP contribution in [0.5, 0.6) is 11.5 Å². The molecule has 5 nitrogen and oxygen atoms in total. The second-order valence-electron chi connectivity index (χ2n) is 5.62. The van der Waals surface area contributed by atoms with Gasteiger partial charge in [0, 0.05) is 30.5 Å². The molecule has 2 aliphatic heterocycles. The highest BCUT2D eigenvalue weighted by Gasteiger charge is 2.19. The van der Waals surface area contributed by atoms with Crippen LogP contribution in [0, 0.1) is 0 Å². The number of halogens is 1. The van der Waals surface area contributed by atoms with Crippen LogP contribution < -0.4 is 20.1 Å². The first kappa shape index (κ1) is 18.2. The zero-order chi connectivity index (χ0) is 15.4. The van der Waals surface area contributed by atoms with Crippen molar-refractivity contribution in [3.05, 3.63) is 23.8 Å². The van der Waals surface area contributed by atoms with Gasteiger partial charge < -0.3 is 20.1 Å². The molecule has 2 heterocycles. The Labute approximate surface area is 147 Å². The van der Waals surface area contributed by atoms with Crippen LogP contribution in [-0.2, 0) is 4.79 Å². The lowest BCUT2D eigenvalue weighted by atomic mass is 10.1. The summed E-state index contributed by atoms with van der Waals surface area (Å²) in [5.41, 5.74) is 1.03. The maximum Gasteiger partial charge on any atom is 0.222 e. The van der Waals surface area contributed by atoms with E-state index in [4.69, 9.17) is 9.47 Å². The molecule has 1 amide bonds. The molecule has 0 aromatic heterocycles. The lowest BCUT2D eigenvalue weighted by Gasteiger charge is -2.24. The van der Waals surface area contributed by atoms with Crippen LogP contribution in [0.15, 0.2) is 18.2 Å². The number of rotatable bonds is 4. The number of benzene rings is 1. The predicted molar refractivity (Wildman–Crippen MR) is 95.0 cm³/mol.